The molecule has 7 nitrogen and oxygen atoms in total. The first-order valence-electron chi connectivity index (χ1n) is 8.13. The van der Waals surface area contributed by atoms with Crippen LogP contribution in [-0.4, -0.2) is 17.8 Å². The molecule has 1 aromatic heterocycles. The van der Waals surface area contributed by atoms with Crippen molar-refractivity contribution in [1.29, 1.82) is 0 Å². The van der Waals surface area contributed by atoms with Crippen molar-refractivity contribution in [3.05, 3.63) is 82.0 Å². The number of amides is 4. The zero-order valence-corrected chi connectivity index (χ0v) is 14.1. The number of carbonyl (C=O) groups is 3. The van der Waals surface area contributed by atoms with Crippen LogP contribution in [0.25, 0.3) is 17.0 Å². The van der Waals surface area contributed by atoms with Gasteiger partial charge in [-0.05, 0) is 42.5 Å². The van der Waals surface area contributed by atoms with E-state index in [0.29, 0.717) is 10.5 Å². The number of urea groups is 1. The van der Waals surface area contributed by atoms with Gasteiger partial charge in [0.25, 0.3) is 11.8 Å². The van der Waals surface area contributed by atoms with E-state index in [9.17, 15) is 23.6 Å². The van der Waals surface area contributed by atoms with E-state index in [4.69, 9.17) is 4.42 Å². The van der Waals surface area contributed by atoms with Gasteiger partial charge in [0.1, 0.15) is 23.2 Å². The molecule has 4 rings (SSSR count). The highest BCUT2D eigenvalue weighted by Gasteiger charge is 2.37. The fraction of sp³-hybridized carbons (Fsp3) is 0. The number of nitrogens with zero attached hydrogens (tertiary/aromatic N) is 1. The van der Waals surface area contributed by atoms with Gasteiger partial charge in [-0.1, -0.05) is 12.1 Å². The number of anilines is 1. The standard InChI is InChI=1S/C20H11FN2O5/c21-12-5-7-13(8-6-12)23-19(26)15(18(25)22-20(23)27)9-11-10-28-16-4-2-1-3-14(16)17(11)24/h1-10H,(H,22,25,27)/b15-9-. The zero-order valence-electron chi connectivity index (χ0n) is 14.1. The van der Waals surface area contributed by atoms with Crippen LogP contribution in [0.2, 0.25) is 0 Å². The molecule has 1 saturated heterocycles. The third kappa shape index (κ3) is 2.86. The molecular weight excluding hydrogens is 367 g/mol. The van der Waals surface area contributed by atoms with Crippen molar-refractivity contribution in [2.45, 2.75) is 0 Å². The lowest BCUT2D eigenvalue weighted by atomic mass is 10.1. The molecule has 1 fully saturated rings. The van der Waals surface area contributed by atoms with Crippen LogP contribution in [0.1, 0.15) is 5.56 Å². The van der Waals surface area contributed by atoms with Crippen molar-refractivity contribution in [1.82, 2.24) is 5.32 Å². The number of carbonyl (C=O) groups excluding carboxylic acids is 3. The van der Waals surface area contributed by atoms with E-state index in [1.165, 1.54) is 12.1 Å². The van der Waals surface area contributed by atoms with Crippen LogP contribution in [0.4, 0.5) is 14.9 Å². The second-order valence-electron chi connectivity index (χ2n) is 5.95. The molecule has 0 spiro atoms. The lowest BCUT2D eigenvalue weighted by Gasteiger charge is -2.26. The summed E-state index contributed by atoms with van der Waals surface area (Å²) in [4.78, 5) is 50.3. The molecule has 1 aliphatic rings. The minimum absolute atomic E-state index is 0.0226. The number of rotatable bonds is 2. The Balaban J connectivity index is 1.80. The van der Waals surface area contributed by atoms with Gasteiger partial charge in [-0.25, -0.2) is 14.1 Å². The van der Waals surface area contributed by atoms with E-state index in [2.05, 4.69) is 0 Å². The Morgan fingerprint density at radius 1 is 0.964 bits per heavy atom. The van der Waals surface area contributed by atoms with Crippen molar-refractivity contribution in [3.8, 4) is 0 Å². The summed E-state index contributed by atoms with van der Waals surface area (Å²) < 4.78 is 18.5. The van der Waals surface area contributed by atoms with Crippen LogP contribution < -0.4 is 15.6 Å². The first kappa shape index (κ1) is 17.3. The first-order valence-corrected chi connectivity index (χ1v) is 8.13. The van der Waals surface area contributed by atoms with Gasteiger partial charge in [-0.3, -0.25) is 19.7 Å². The van der Waals surface area contributed by atoms with Crippen molar-refractivity contribution < 1.29 is 23.2 Å². The Kier molecular flexibility index (Phi) is 4.08. The van der Waals surface area contributed by atoms with Gasteiger partial charge < -0.3 is 4.42 Å². The van der Waals surface area contributed by atoms with Crippen LogP contribution in [0.5, 0.6) is 0 Å². The molecule has 0 atom stereocenters. The Morgan fingerprint density at radius 3 is 2.43 bits per heavy atom. The summed E-state index contributed by atoms with van der Waals surface area (Å²) in [7, 11) is 0. The van der Waals surface area contributed by atoms with Gasteiger partial charge in [0.15, 0.2) is 5.43 Å². The highest BCUT2D eigenvalue weighted by atomic mass is 19.1. The average molecular weight is 378 g/mol. The van der Waals surface area contributed by atoms with Gasteiger partial charge in [0.2, 0.25) is 0 Å². The number of halogens is 1. The number of fused-ring (bicyclic) bond motifs is 1. The number of hydrogen-bond acceptors (Lipinski definition) is 5. The number of para-hydroxylation sites is 1. The topological polar surface area (TPSA) is 96.7 Å². The number of hydrogen-bond donors (Lipinski definition) is 1. The van der Waals surface area contributed by atoms with Crippen molar-refractivity contribution >= 4 is 40.6 Å². The summed E-state index contributed by atoms with van der Waals surface area (Å²) in [6.07, 6.45) is 2.20. The lowest BCUT2D eigenvalue weighted by molar-refractivity contribution is -0.122. The Bertz CT molecular complexity index is 1230. The number of barbiturate groups is 1. The molecule has 1 aliphatic heterocycles. The van der Waals surface area contributed by atoms with E-state index in [1.54, 1.807) is 24.3 Å². The van der Waals surface area contributed by atoms with Crippen LogP contribution in [-0.2, 0) is 9.59 Å². The summed E-state index contributed by atoms with van der Waals surface area (Å²) in [6.45, 7) is 0. The molecule has 2 heterocycles. The summed E-state index contributed by atoms with van der Waals surface area (Å²) in [5, 5.41) is 2.32. The Labute approximate surface area is 156 Å². The second kappa shape index (κ2) is 6.58. The fourth-order valence-corrected chi connectivity index (χ4v) is 2.83. The van der Waals surface area contributed by atoms with E-state index in [0.717, 1.165) is 24.5 Å². The molecule has 138 valence electrons. The molecular formula is C20H11FN2O5. The molecule has 0 unspecified atom stereocenters. The zero-order chi connectivity index (χ0) is 19.8. The first-order chi connectivity index (χ1) is 13.5. The molecule has 0 radical (unpaired) electrons. The predicted octanol–water partition coefficient (Wildman–Crippen LogP) is 2.60. The van der Waals surface area contributed by atoms with E-state index < -0.39 is 34.7 Å². The second-order valence-corrected chi connectivity index (χ2v) is 5.95. The quantitative estimate of drug-likeness (QED) is 0.546. The maximum atomic E-state index is 13.1. The Hall–Kier alpha value is -4.07. The number of nitrogens with one attached hydrogen (secondary N) is 1. The predicted molar refractivity (Wildman–Crippen MR) is 97.9 cm³/mol. The largest absolute Gasteiger partial charge is 0.463 e. The van der Waals surface area contributed by atoms with Crippen molar-refractivity contribution in [3.63, 3.8) is 0 Å². The van der Waals surface area contributed by atoms with Gasteiger partial charge >= 0.3 is 6.03 Å². The Morgan fingerprint density at radius 2 is 1.68 bits per heavy atom. The van der Waals surface area contributed by atoms with E-state index in [1.807, 2.05) is 5.32 Å². The maximum Gasteiger partial charge on any atom is 0.335 e. The minimum Gasteiger partial charge on any atom is -0.463 e. The smallest absolute Gasteiger partial charge is 0.335 e. The molecule has 8 heteroatoms. The molecule has 3 aromatic rings. The normalized spacial score (nSPS) is 16.0. The third-order valence-corrected chi connectivity index (χ3v) is 4.19. The number of imide groups is 2. The van der Waals surface area contributed by atoms with E-state index >= 15 is 0 Å². The maximum absolute atomic E-state index is 13.1. The van der Waals surface area contributed by atoms with Gasteiger partial charge in [0, 0.05) is 0 Å². The summed E-state index contributed by atoms with van der Waals surface area (Å²) in [6, 6.07) is 10.2. The van der Waals surface area contributed by atoms with Crippen molar-refractivity contribution in [2.24, 2.45) is 0 Å². The molecule has 2 aromatic carbocycles. The molecule has 1 N–H and O–H groups in total. The highest BCUT2D eigenvalue weighted by Crippen LogP contribution is 2.22. The van der Waals surface area contributed by atoms with Gasteiger partial charge in [0.05, 0.1) is 16.6 Å². The summed E-state index contributed by atoms with van der Waals surface area (Å²) >= 11 is 0. The fourth-order valence-electron chi connectivity index (χ4n) is 2.83. The molecule has 0 saturated carbocycles. The van der Waals surface area contributed by atoms with Crippen LogP contribution in [0, 0.1) is 5.82 Å². The van der Waals surface area contributed by atoms with E-state index in [-0.39, 0.29) is 16.6 Å². The third-order valence-electron chi connectivity index (χ3n) is 4.19. The van der Waals surface area contributed by atoms with Crippen molar-refractivity contribution in [2.75, 3.05) is 4.90 Å². The van der Waals surface area contributed by atoms with Crippen LogP contribution in [0.3, 0.4) is 0 Å². The van der Waals surface area contributed by atoms with Gasteiger partial charge in [-0.2, -0.15) is 0 Å². The minimum atomic E-state index is -0.968. The molecule has 0 aliphatic carbocycles. The lowest BCUT2D eigenvalue weighted by Crippen LogP contribution is -2.54. The monoisotopic (exact) mass is 378 g/mol. The van der Waals surface area contributed by atoms with Crippen LogP contribution in [0.15, 0.2) is 69.6 Å². The molecule has 0 bridgehead atoms. The van der Waals surface area contributed by atoms with Gasteiger partial charge in [-0.15, -0.1) is 0 Å². The molecule has 4 amide bonds. The summed E-state index contributed by atoms with van der Waals surface area (Å²) in [5.74, 6) is -2.43. The molecule has 28 heavy (non-hydrogen) atoms. The summed E-state index contributed by atoms with van der Waals surface area (Å²) in [5.41, 5.74) is -0.442. The SMILES string of the molecule is O=C1NC(=O)N(c2ccc(F)cc2)C(=O)/C1=C\c1coc2ccccc2c1=O. The van der Waals surface area contributed by atoms with Crippen LogP contribution >= 0.6 is 0 Å². The average Bonchev–Trinajstić information content (AvgIpc) is 2.68. The highest BCUT2D eigenvalue weighted by molar-refractivity contribution is 6.39. The number of benzene rings is 2.